The average molecular weight is 344 g/mol. The van der Waals surface area contributed by atoms with E-state index in [0.717, 1.165) is 29.3 Å². The van der Waals surface area contributed by atoms with E-state index >= 15 is 0 Å². The standard InChI is InChI=1S/C18H24N4OS/c1-13-5-4-6-16(14(13)2)20-18(23)11-22-7-8-24-12-17(22)15-9-19-21(3)10-15/h4-6,9-10,17H,7-8,11-12H2,1-3H3,(H,20,23)/t17-/m0/s1. The zero-order valence-corrected chi connectivity index (χ0v) is 15.3. The van der Waals surface area contributed by atoms with Gasteiger partial charge in [0.2, 0.25) is 5.91 Å². The van der Waals surface area contributed by atoms with E-state index in [2.05, 4.69) is 28.3 Å². The van der Waals surface area contributed by atoms with Gasteiger partial charge < -0.3 is 5.32 Å². The van der Waals surface area contributed by atoms with E-state index < -0.39 is 0 Å². The zero-order chi connectivity index (χ0) is 17.1. The summed E-state index contributed by atoms with van der Waals surface area (Å²) in [5.74, 6) is 2.11. The van der Waals surface area contributed by atoms with E-state index in [4.69, 9.17) is 0 Å². The molecule has 1 aromatic heterocycles. The summed E-state index contributed by atoms with van der Waals surface area (Å²) in [6.07, 6.45) is 3.96. The number of aryl methyl sites for hydroxylation is 2. The SMILES string of the molecule is Cc1cccc(NC(=O)CN2CCSC[C@H]2c2cnn(C)c2)c1C. The number of aromatic nitrogens is 2. The molecule has 3 rings (SSSR count). The molecule has 1 fully saturated rings. The molecule has 2 heterocycles. The fraction of sp³-hybridized carbons (Fsp3) is 0.444. The predicted molar refractivity (Wildman–Crippen MR) is 99.4 cm³/mol. The molecule has 128 valence electrons. The molecule has 0 spiro atoms. The van der Waals surface area contributed by atoms with Gasteiger partial charge in [-0.2, -0.15) is 16.9 Å². The molecule has 1 atom stereocenters. The highest BCUT2D eigenvalue weighted by molar-refractivity contribution is 7.99. The summed E-state index contributed by atoms with van der Waals surface area (Å²) in [7, 11) is 1.93. The highest BCUT2D eigenvalue weighted by Gasteiger charge is 2.27. The number of carbonyl (C=O) groups is 1. The van der Waals surface area contributed by atoms with Gasteiger partial charge in [-0.3, -0.25) is 14.4 Å². The Morgan fingerprint density at radius 1 is 1.42 bits per heavy atom. The molecule has 1 aromatic carbocycles. The molecule has 6 heteroatoms. The molecule has 1 aliphatic rings. The normalized spacial score (nSPS) is 18.5. The molecule has 2 aromatic rings. The van der Waals surface area contributed by atoms with Crippen molar-refractivity contribution in [3.05, 3.63) is 47.3 Å². The molecular weight excluding hydrogens is 320 g/mol. The number of hydrogen-bond acceptors (Lipinski definition) is 4. The first-order chi connectivity index (χ1) is 11.5. The fourth-order valence-electron chi connectivity index (χ4n) is 3.01. The zero-order valence-electron chi connectivity index (χ0n) is 14.5. The Hall–Kier alpha value is -1.79. The Morgan fingerprint density at radius 3 is 3.00 bits per heavy atom. The van der Waals surface area contributed by atoms with E-state index in [1.165, 1.54) is 11.1 Å². The first-order valence-electron chi connectivity index (χ1n) is 8.21. The van der Waals surface area contributed by atoms with Crippen molar-refractivity contribution in [1.29, 1.82) is 0 Å². The summed E-state index contributed by atoms with van der Waals surface area (Å²) >= 11 is 1.94. The molecule has 0 aliphatic carbocycles. The summed E-state index contributed by atoms with van der Waals surface area (Å²) in [4.78, 5) is 14.8. The smallest absolute Gasteiger partial charge is 0.238 e. The van der Waals surface area contributed by atoms with Crippen LogP contribution < -0.4 is 5.32 Å². The number of benzene rings is 1. The van der Waals surface area contributed by atoms with Crippen LogP contribution in [0.5, 0.6) is 0 Å². The number of hydrogen-bond donors (Lipinski definition) is 1. The van der Waals surface area contributed by atoms with Gasteiger partial charge in [0, 0.05) is 48.6 Å². The minimum Gasteiger partial charge on any atom is -0.325 e. The number of amides is 1. The second-order valence-electron chi connectivity index (χ2n) is 6.30. The van der Waals surface area contributed by atoms with Gasteiger partial charge in [0.1, 0.15) is 0 Å². The quantitative estimate of drug-likeness (QED) is 0.927. The van der Waals surface area contributed by atoms with Crippen molar-refractivity contribution in [2.45, 2.75) is 19.9 Å². The molecule has 0 radical (unpaired) electrons. The third-order valence-corrected chi connectivity index (χ3v) is 5.60. The lowest BCUT2D eigenvalue weighted by Gasteiger charge is -2.34. The van der Waals surface area contributed by atoms with Crippen LogP contribution in [0, 0.1) is 13.8 Å². The van der Waals surface area contributed by atoms with Crippen molar-refractivity contribution in [2.75, 3.05) is 29.9 Å². The Morgan fingerprint density at radius 2 is 2.25 bits per heavy atom. The number of thioether (sulfide) groups is 1. The highest BCUT2D eigenvalue weighted by Crippen LogP contribution is 2.29. The van der Waals surface area contributed by atoms with Gasteiger partial charge in [0.15, 0.2) is 0 Å². The van der Waals surface area contributed by atoms with Gasteiger partial charge in [-0.05, 0) is 31.0 Å². The van der Waals surface area contributed by atoms with Crippen LogP contribution in [0.2, 0.25) is 0 Å². The topological polar surface area (TPSA) is 50.2 Å². The third kappa shape index (κ3) is 3.82. The predicted octanol–water partition coefficient (Wildman–Crippen LogP) is 2.77. The number of nitrogens with zero attached hydrogens (tertiary/aromatic N) is 3. The number of carbonyl (C=O) groups excluding carboxylic acids is 1. The molecule has 0 bridgehead atoms. The molecule has 1 N–H and O–H groups in total. The van der Waals surface area contributed by atoms with Crippen LogP contribution in [0.15, 0.2) is 30.6 Å². The van der Waals surface area contributed by atoms with Gasteiger partial charge in [-0.1, -0.05) is 12.1 Å². The molecule has 5 nitrogen and oxygen atoms in total. The first kappa shape index (κ1) is 17.0. The van der Waals surface area contributed by atoms with Crippen molar-refractivity contribution in [3.8, 4) is 0 Å². The monoisotopic (exact) mass is 344 g/mol. The maximum Gasteiger partial charge on any atom is 0.238 e. The van der Waals surface area contributed by atoms with Crippen molar-refractivity contribution < 1.29 is 4.79 Å². The summed E-state index contributed by atoms with van der Waals surface area (Å²) in [6.45, 7) is 5.43. The van der Waals surface area contributed by atoms with E-state index in [-0.39, 0.29) is 11.9 Å². The molecule has 24 heavy (non-hydrogen) atoms. The minimum atomic E-state index is 0.0458. The third-order valence-electron chi connectivity index (χ3n) is 4.57. The van der Waals surface area contributed by atoms with E-state index in [1.807, 2.05) is 54.9 Å². The number of nitrogens with one attached hydrogen (secondary N) is 1. The summed E-state index contributed by atoms with van der Waals surface area (Å²) in [6, 6.07) is 6.26. The lowest BCUT2D eigenvalue weighted by molar-refractivity contribution is -0.117. The summed E-state index contributed by atoms with van der Waals surface area (Å²) < 4.78 is 1.82. The molecule has 1 saturated heterocycles. The van der Waals surface area contributed by atoms with Crippen molar-refractivity contribution in [1.82, 2.24) is 14.7 Å². The van der Waals surface area contributed by atoms with Crippen molar-refractivity contribution in [3.63, 3.8) is 0 Å². The molecule has 1 aliphatic heterocycles. The molecular formula is C18H24N4OS. The summed E-state index contributed by atoms with van der Waals surface area (Å²) in [5, 5.41) is 7.34. The summed E-state index contributed by atoms with van der Waals surface area (Å²) in [5.41, 5.74) is 4.41. The van der Waals surface area contributed by atoms with Crippen LogP contribution in [0.1, 0.15) is 22.7 Å². The largest absolute Gasteiger partial charge is 0.325 e. The highest BCUT2D eigenvalue weighted by atomic mass is 32.2. The van der Waals surface area contributed by atoms with E-state index in [0.29, 0.717) is 6.54 Å². The maximum atomic E-state index is 12.5. The second kappa shape index (κ2) is 7.40. The van der Waals surface area contributed by atoms with Crippen LogP contribution in [0.4, 0.5) is 5.69 Å². The fourth-order valence-corrected chi connectivity index (χ4v) is 4.16. The average Bonchev–Trinajstić information content (AvgIpc) is 2.99. The van der Waals surface area contributed by atoms with Crippen molar-refractivity contribution in [2.24, 2.45) is 7.05 Å². The van der Waals surface area contributed by atoms with E-state index in [9.17, 15) is 4.79 Å². The Balaban J connectivity index is 1.68. The van der Waals surface area contributed by atoms with Gasteiger partial charge in [0.05, 0.1) is 12.7 Å². The van der Waals surface area contributed by atoms with Gasteiger partial charge in [-0.25, -0.2) is 0 Å². The van der Waals surface area contributed by atoms with Crippen LogP contribution in [-0.2, 0) is 11.8 Å². The van der Waals surface area contributed by atoms with E-state index in [1.54, 1.807) is 0 Å². The molecule has 0 saturated carbocycles. The second-order valence-corrected chi connectivity index (χ2v) is 7.45. The van der Waals surface area contributed by atoms with Gasteiger partial charge in [0.25, 0.3) is 0 Å². The lowest BCUT2D eigenvalue weighted by atomic mass is 10.1. The van der Waals surface area contributed by atoms with Crippen LogP contribution in [0.25, 0.3) is 0 Å². The molecule has 1 amide bonds. The Labute approximate surface area is 147 Å². The van der Waals surface area contributed by atoms with Crippen molar-refractivity contribution >= 4 is 23.4 Å². The van der Waals surface area contributed by atoms with Crippen LogP contribution in [0.3, 0.4) is 0 Å². The Bertz CT molecular complexity index is 728. The maximum absolute atomic E-state index is 12.5. The molecule has 0 unspecified atom stereocenters. The number of rotatable bonds is 4. The van der Waals surface area contributed by atoms with Gasteiger partial charge in [-0.15, -0.1) is 0 Å². The van der Waals surface area contributed by atoms with Crippen LogP contribution in [-0.4, -0.2) is 45.2 Å². The number of anilines is 1. The van der Waals surface area contributed by atoms with Gasteiger partial charge >= 0.3 is 0 Å². The Kier molecular flexibility index (Phi) is 5.26. The minimum absolute atomic E-state index is 0.0458. The van der Waals surface area contributed by atoms with Crippen LogP contribution >= 0.6 is 11.8 Å². The first-order valence-corrected chi connectivity index (χ1v) is 9.36. The lowest BCUT2D eigenvalue weighted by Crippen LogP contribution is -2.41.